The highest BCUT2D eigenvalue weighted by atomic mass is 16.5. The maximum Gasteiger partial charge on any atom is 0.226 e. The van der Waals surface area contributed by atoms with Crippen molar-refractivity contribution in [2.45, 2.75) is 19.4 Å². The van der Waals surface area contributed by atoms with Crippen molar-refractivity contribution in [2.24, 2.45) is 0 Å². The van der Waals surface area contributed by atoms with E-state index in [1.54, 1.807) is 0 Å². The fourth-order valence-corrected chi connectivity index (χ4v) is 2.06. The number of benzene rings is 1. The number of amides is 1. The molecule has 0 aromatic heterocycles. The van der Waals surface area contributed by atoms with E-state index in [9.17, 15) is 4.79 Å². The molecule has 1 aromatic carbocycles. The molecule has 1 fully saturated rings. The number of rotatable bonds is 4. The van der Waals surface area contributed by atoms with Gasteiger partial charge in [-0.25, -0.2) is 0 Å². The number of hydrogen-bond donors (Lipinski definition) is 1. The fraction of sp³-hybridized carbons (Fsp3) is 0.500. The van der Waals surface area contributed by atoms with Crippen LogP contribution in [0.15, 0.2) is 30.3 Å². The van der Waals surface area contributed by atoms with E-state index in [2.05, 4.69) is 5.32 Å². The van der Waals surface area contributed by atoms with E-state index in [-0.39, 0.29) is 12.0 Å². The quantitative estimate of drug-likeness (QED) is 0.872. The van der Waals surface area contributed by atoms with E-state index in [0.717, 1.165) is 31.9 Å². The minimum atomic E-state index is -0.0882. The van der Waals surface area contributed by atoms with Gasteiger partial charge in [-0.1, -0.05) is 18.2 Å². The number of nitrogens with one attached hydrogen (secondary N) is 1. The highest BCUT2D eigenvalue weighted by Crippen LogP contribution is 2.13. The average Bonchev–Trinajstić information content (AvgIpc) is 2.40. The highest BCUT2D eigenvalue weighted by molar-refractivity contribution is 5.76. The Morgan fingerprint density at radius 3 is 2.67 bits per heavy atom. The normalized spacial score (nSPS) is 17.3. The summed E-state index contributed by atoms with van der Waals surface area (Å²) in [6, 6.07) is 9.63. The molecule has 4 nitrogen and oxygen atoms in total. The van der Waals surface area contributed by atoms with Gasteiger partial charge in [0.15, 0.2) is 0 Å². The van der Waals surface area contributed by atoms with Gasteiger partial charge < -0.3 is 15.0 Å². The first-order chi connectivity index (χ1) is 8.75. The monoisotopic (exact) mass is 248 g/mol. The first-order valence-corrected chi connectivity index (χ1v) is 6.46. The number of carbonyl (C=O) groups is 1. The second-order valence-electron chi connectivity index (χ2n) is 4.58. The van der Waals surface area contributed by atoms with Crippen LogP contribution in [-0.2, 0) is 4.79 Å². The van der Waals surface area contributed by atoms with E-state index < -0.39 is 0 Å². The van der Waals surface area contributed by atoms with Crippen LogP contribution in [0.3, 0.4) is 0 Å². The van der Waals surface area contributed by atoms with Crippen molar-refractivity contribution in [1.29, 1.82) is 0 Å². The summed E-state index contributed by atoms with van der Waals surface area (Å²) in [5.41, 5.74) is 0. The molecule has 1 amide bonds. The molecule has 2 rings (SSSR count). The second-order valence-corrected chi connectivity index (χ2v) is 4.58. The first-order valence-electron chi connectivity index (χ1n) is 6.46. The van der Waals surface area contributed by atoms with Crippen molar-refractivity contribution in [3.63, 3.8) is 0 Å². The third-order valence-corrected chi connectivity index (χ3v) is 3.01. The Labute approximate surface area is 108 Å². The van der Waals surface area contributed by atoms with Crippen molar-refractivity contribution < 1.29 is 9.53 Å². The van der Waals surface area contributed by atoms with Gasteiger partial charge in [-0.2, -0.15) is 0 Å². The van der Waals surface area contributed by atoms with E-state index >= 15 is 0 Å². The summed E-state index contributed by atoms with van der Waals surface area (Å²) in [6.45, 7) is 5.32. The Bertz CT molecular complexity index is 375. The predicted octanol–water partition coefficient (Wildman–Crippen LogP) is 1.28. The molecule has 1 N–H and O–H groups in total. The van der Waals surface area contributed by atoms with Gasteiger partial charge in [0.25, 0.3) is 0 Å². The lowest BCUT2D eigenvalue weighted by Crippen LogP contribution is -2.47. The molecule has 1 aliphatic rings. The summed E-state index contributed by atoms with van der Waals surface area (Å²) in [5.74, 6) is 0.998. The largest absolute Gasteiger partial charge is 0.490 e. The van der Waals surface area contributed by atoms with Crippen LogP contribution >= 0.6 is 0 Å². The molecule has 98 valence electrons. The zero-order chi connectivity index (χ0) is 12.8. The van der Waals surface area contributed by atoms with Gasteiger partial charge in [0.05, 0.1) is 6.42 Å². The topological polar surface area (TPSA) is 41.6 Å². The van der Waals surface area contributed by atoms with Crippen LogP contribution in [0.2, 0.25) is 0 Å². The SMILES string of the molecule is CC(CC(=O)N1CCNCC1)Oc1ccccc1. The van der Waals surface area contributed by atoms with Crippen molar-refractivity contribution in [2.75, 3.05) is 26.2 Å². The van der Waals surface area contributed by atoms with Gasteiger partial charge in [-0.05, 0) is 19.1 Å². The summed E-state index contributed by atoms with van der Waals surface area (Å²) >= 11 is 0. The minimum absolute atomic E-state index is 0.0882. The molecule has 1 heterocycles. The summed E-state index contributed by atoms with van der Waals surface area (Å²) in [5, 5.41) is 3.24. The van der Waals surface area contributed by atoms with E-state index in [4.69, 9.17) is 4.74 Å². The summed E-state index contributed by atoms with van der Waals surface area (Å²) < 4.78 is 5.71. The highest BCUT2D eigenvalue weighted by Gasteiger charge is 2.19. The maximum atomic E-state index is 12.0. The zero-order valence-corrected chi connectivity index (χ0v) is 10.8. The Hall–Kier alpha value is -1.55. The standard InChI is InChI=1S/C14H20N2O2/c1-12(18-13-5-3-2-4-6-13)11-14(17)16-9-7-15-8-10-16/h2-6,12,15H,7-11H2,1H3. The second kappa shape index (κ2) is 6.40. The molecule has 0 aliphatic carbocycles. The van der Waals surface area contributed by atoms with Crippen LogP contribution in [0.25, 0.3) is 0 Å². The molecule has 1 unspecified atom stereocenters. The van der Waals surface area contributed by atoms with E-state index in [1.165, 1.54) is 0 Å². The number of ether oxygens (including phenoxy) is 1. The lowest BCUT2D eigenvalue weighted by molar-refractivity contribution is -0.133. The molecule has 4 heteroatoms. The lowest BCUT2D eigenvalue weighted by Gasteiger charge is -2.28. The molecular weight excluding hydrogens is 228 g/mol. The van der Waals surface area contributed by atoms with Crippen LogP contribution in [0.1, 0.15) is 13.3 Å². The lowest BCUT2D eigenvalue weighted by atomic mass is 10.2. The summed E-state index contributed by atoms with van der Waals surface area (Å²) in [4.78, 5) is 13.9. The molecule has 18 heavy (non-hydrogen) atoms. The molecule has 0 radical (unpaired) electrons. The van der Waals surface area contributed by atoms with Gasteiger partial charge in [0.1, 0.15) is 11.9 Å². The van der Waals surface area contributed by atoms with Crippen molar-refractivity contribution >= 4 is 5.91 Å². The maximum absolute atomic E-state index is 12.0. The Kier molecular flexibility index (Phi) is 4.59. The molecule has 1 saturated heterocycles. The number of hydrogen-bond acceptors (Lipinski definition) is 3. The number of para-hydroxylation sites is 1. The Morgan fingerprint density at radius 1 is 1.33 bits per heavy atom. The van der Waals surface area contributed by atoms with Crippen molar-refractivity contribution in [3.05, 3.63) is 30.3 Å². The molecule has 0 spiro atoms. The van der Waals surface area contributed by atoms with E-state index in [0.29, 0.717) is 6.42 Å². The van der Waals surface area contributed by atoms with Crippen LogP contribution in [0.4, 0.5) is 0 Å². The average molecular weight is 248 g/mol. The molecular formula is C14H20N2O2. The summed E-state index contributed by atoms with van der Waals surface area (Å²) in [6.07, 6.45) is 0.351. The molecule has 1 aromatic rings. The van der Waals surface area contributed by atoms with Crippen molar-refractivity contribution in [1.82, 2.24) is 10.2 Å². The molecule has 0 bridgehead atoms. The van der Waals surface area contributed by atoms with Crippen LogP contribution < -0.4 is 10.1 Å². The van der Waals surface area contributed by atoms with Gasteiger partial charge in [-0.15, -0.1) is 0 Å². The third kappa shape index (κ3) is 3.74. The first kappa shape index (κ1) is 12.9. The molecule has 0 saturated carbocycles. The van der Waals surface area contributed by atoms with Crippen LogP contribution in [-0.4, -0.2) is 43.1 Å². The van der Waals surface area contributed by atoms with Gasteiger partial charge in [-0.3, -0.25) is 4.79 Å². The third-order valence-electron chi connectivity index (χ3n) is 3.01. The summed E-state index contributed by atoms with van der Waals surface area (Å²) in [7, 11) is 0. The Morgan fingerprint density at radius 2 is 2.00 bits per heavy atom. The van der Waals surface area contributed by atoms with Crippen molar-refractivity contribution in [3.8, 4) is 5.75 Å². The smallest absolute Gasteiger partial charge is 0.226 e. The molecule has 1 atom stereocenters. The minimum Gasteiger partial charge on any atom is -0.490 e. The zero-order valence-electron chi connectivity index (χ0n) is 10.8. The van der Waals surface area contributed by atoms with E-state index in [1.807, 2.05) is 42.2 Å². The molecule has 1 aliphatic heterocycles. The van der Waals surface area contributed by atoms with Crippen LogP contribution in [0, 0.1) is 0 Å². The predicted molar refractivity (Wildman–Crippen MR) is 70.6 cm³/mol. The van der Waals surface area contributed by atoms with Gasteiger partial charge in [0.2, 0.25) is 5.91 Å². The number of nitrogens with zero attached hydrogens (tertiary/aromatic N) is 1. The van der Waals surface area contributed by atoms with Crippen LogP contribution in [0.5, 0.6) is 5.75 Å². The number of piperazine rings is 1. The van der Waals surface area contributed by atoms with Gasteiger partial charge in [0, 0.05) is 26.2 Å². The van der Waals surface area contributed by atoms with Gasteiger partial charge >= 0.3 is 0 Å². The number of carbonyl (C=O) groups excluding carboxylic acids is 1. The fourth-order valence-electron chi connectivity index (χ4n) is 2.06. The Balaban J connectivity index is 1.79.